The summed E-state index contributed by atoms with van der Waals surface area (Å²) < 4.78 is 44.8. The van der Waals surface area contributed by atoms with Crippen LogP contribution in [0.25, 0.3) is 0 Å². The number of nitrogens with two attached hydrogens (primary N) is 1. The standard InChI is InChI=1S/C12H16F3NO/c1-4-17-12(2,3)11(16)7-5-6-8(13)10(15)9(7)14/h5-6,11H,4,16H2,1-3H3. The molecule has 1 aromatic carbocycles. The SMILES string of the molecule is CCOC(C)(C)C(N)c1ccc(F)c(F)c1F. The van der Waals surface area contributed by atoms with E-state index in [2.05, 4.69) is 0 Å². The Labute approximate surface area is 98.6 Å². The molecule has 1 rings (SSSR count). The van der Waals surface area contributed by atoms with Gasteiger partial charge < -0.3 is 10.5 Å². The molecule has 2 nitrogen and oxygen atoms in total. The van der Waals surface area contributed by atoms with Gasteiger partial charge in [-0.3, -0.25) is 0 Å². The molecule has 17 heavy (non-hydrogen) atoms. The molecule has 0 fully saturated rings. The predicted molar refractivity (Wildman–Crippen MR) is 58.9 cm³/mol. The van der Waals surface area contributed by atoms with Crippen LogP contribution in [0.15, 0.2) is 12.1 Å². The number of benzene rings is 1. The van der Waals surface area contributed by atoms with Crippen LogP contribution >= 0.6 is 0 Å². The highest BCUT2D eigenvalue weighted by molar-refractivity contribution is 5.25. The van der Waals surface area contributed by atoms with Crippen LogP contribution in [0, 0.1) is 17.5 Å². The molecule has 0 aliphatic heterocycles. The Balaban J connectivity index is 3.13. The second-order valence-corrected chi connectivity index (χ2v) is 4.28. The van der Waals surface area contributed by atoms with Crippen molar-refractivity contribution in [2.24, 2.45) is 5.73 Å². The summed E-state index contributed by atoms with van der Waals surface area (Å²) in [5.74, 6) is -4.00. The first-order chi connectivity index (χ1) is 7.81. The van der Waals surface area contributed by atoms with Crippen LogP contribution in [-0.4, -0.2) is 12.2 Å². The van der Waals surface area contributed by atoms with Crippen LogP contribution in [0.2, 0.25) is 0 Å². The van der Waals surface area contributed by atoms with Crippen molar-refractivity contribution in [2.75, 3.05) is 6.61 Å². The molecule has 0 heterocycles. The summed E-state index contributed by atoms with van der Waals surface area (Å²) in [7, 11) is 0. The molecule has 2 N–H and O–H groups in total. The second kappa shape index (κ2) is 5.06. The van der Waals surface area contributed by atoms with E-state index in [1.807, 2.05) is 0 Å². The Bertz CT molecular complexity index is 407. The molecular weight excluding hydrogens is 231 g/mol. The zero-order chi connectivity index (χ0) is 13.2. The number of halogens is 3. The van der Waals surface area contributed by atoms with Crippen LogP contribution < -0.4 is 5.73 Å². The smallest absolute Gasteiger partial charge is 0.194 e. The highest BCUT2D eigenvalue weighted by Crippen LogP contribution is 2.29. The summed E-state index contributed by atoms with van der Waals surface area (Å²) in [6, 6.07) is 1.12. The maximum atomic E-state index is 13.5. The van der Waals surface area contributed by atoms with Crippen LogP contribution in [0.5, 0.6) is 0 Å². The van der Waals surface area contributed by atoms with E-state index in [1.54, 1.807) is 20.8 Å². The van der Waals surface area contributed by atoms with E-state index in [9.17, 15) is 13.2 Å². The molecule has 0 aromatic heterocycles. The Morgan fingerprint density at radius 3 is 2.35 bits per heavy atom. The number of hydrogen-bond acceptors (Lipinski definition) is 2. The minimum atomic E-state index is -1.51. The molecular formula is C12H16F3NO. The fraction of sp³-hybridized carbons (Fsp3) is 0.500. The average molecular weight is 247 g/mol. The topological polar surface area (TPSA) is 35.2 Å². The van der Waals surface area contributed by atoms with E-state index in [1.165, 1.54) is 0 Å². The van der Waals surface area contributed by atoms with Crippen molar-refractivity contribution in [1.82, 2.24) is 0 Å². The summed E-state index contributed by atoms with van der Waals surface area (Å²) in [5.41, 5.74) is 4.87. The Morgan fingerprint density at radius 2 is 1.82 bits per heavy atom. The maximum Gasteiger partial charge on any atom is 0.194 e. The summed E-state index contributed by atoms with van der Waals surface area (Å²) in [6.07, 6.45) is 0. The van der Waals surface area contributed by atoms with Crippen molar-refractivity contribution >= 4 is 0 Å². The molecule has 0 amide bonds. The van der Waals surface area contributed by atoms with Crippen LogP contribution in [0.4, 0.5) is 13.2 Å². The highest BCUT2D eigenvalue weighted by Gasteiger charge is 2.31. The van der Waals surface area contributed by atoms with Crippen molar-refractivity contribution < 1.29 is 17.9 Å². The Morgan fingerprint density at radius 1 is 1.24 bits per heavy atom. The van der Waals surface area contributed by atoms with E-state index in [0.29, 0.717) is 6.61 Å². The van der Waals surface area contributed by atoms with Gasteiger partial charge in [0.1, 0.15) is 0 Å². The molecule has 1 atom stereocenters. The fourth-order valence-corrected chi connectivity index (χ4v) is 1.62. The first kappa shape index (κ1) is 14.0. The third-order valence-corrected chi connectivity index (χ3v) is 2.67. The van der Waals surface area contributed by atoms with Crippen molar-refractivity contribution in [3.8, 4) is 0 Å². The van der Waals surface area contributed by atoms with E-state index < -0.39 is 29.1 Å². The van der Waals surface area contributed by atoms with Gasteiger partial charge in [0.15, 0.2) is 17.5 Å². The van der Waals surface area contributed by atoms with Crippen LogP contribution in [0.1, 0.15) is 32.4 Å². The first-order valence-corrected chi connectivity index (χ1v) is 5.34. The normalized spacial score (nSPS) is 13.8. The molecule has 0 bridgehead atoms. The molecule has 0 saturated heterocycles. The van der Waals surface area contributed by atoms with Gasteiger partial charge in [0.2, 0.25) is 0 Å². The molecule has 5 heteroatoms. The van der Waals surface area contributed by atoms with Gasteiger partial charge in [0.05, 0.1) is 11.6 Å². The summed E-state index contributed by atoms with van der Waals surface area (Å²) in [4.78, 5) is 0. The molecule has 1 aromatic rings. The lowest BCUT2D eigenvalue weighted by Gasteiger charge is -2.31. The van der Waals surface area contributed by atoms with Gasteiger partial charge in [-0.05, 0) is 26.8 Å². The van der Waals surface area contributed by atoms with Crippen molar-refractivity contribution in [3.63, 3.8) is 0 Å². The lowest BCUT2D eigenvalue weighted by molar-refractivity contribution is -0.0306. The summed E-state index contributed by atoms with van der Waals surface area (Å²) in [5, 5.41) is 0. The van der Waals surface area contributed by atoms with Gasteiger partial charge in [-0.1, -0.05) is 6.07 Å². The molecule has 0 spiro atoms. The van der Waals surface area contributed by atoms with E-state index in [0.717, 1.165) is 12.1 Å². The van der Waals surface area contributed by atoms with Crippen LogP contribution in [-0.2, 0) is 4.74 Å². The number of ether oxygens (including phenoxy) is 1. The van der Waals surface area contributed by atoms with Gasteiger partial charge in [0, 0.05) is 12.2 Å². The summed E-state index contributed by atoms with van der Waals surface area (Å²) >= 11 is 0. The number of rotatable bonds is 4. The molecule has 0 radical (unpaired) electrons. The maximum absolute atomic E-state index is 13.5. The minimum absolute atomic E-state index is 0.0950. The van der Waals surface area contributed by atoms with E-state index in [-0.39, 0.29) is 5.56 Å². The zero-order valence-electron chi connectivity index (χ0n) is 10.1. The third kappa shape index (κ3) is 2.79. The van der Waals surface area contributed by atoms with Crippen molar-refractivity contribution in [1.29, 1.82) is 0 Å². The predicted octanol–water partition coefficient (Wildman–Crippen LogP) is 2.92. The first-order valence-electron chi connectivity index (χ1n) is 5.34. The van der Waals surface area contributed by atoms with Gasteiger partial charge in [-0.15, -0.1) is 0 Å². The molecule has 0 aliphatic carbocycles. The van der Waals surface area contributed by atoms with Crippen molar-refractivity contribution in [2.45, 2.75) is 32.4 Å². The van der Waals surface area contributed by atoms with Crippen molar-refractivity contribution in [3.05, 3.63) is 35.1 Å². The van der Waals surface area contributed by atoms with Gasteiger partial charge in [-0.25, -0.2) is 13.2 Å². The van der Waals surface area contributed by atoms with Gasteiger partial charge >= 0.3 is 0 Å². The largest absolute Gasteiger partial charge is 0.374 e. The average Bonchev–Trinajstić information content (AvgIpc) is 2.25. The lowest BCUT2D eigenvalue weighted by Crippen LogP contribution is -2.39. The second-order valence-electron chi connectivity index (χ2n) is 4.28. The zero-order valence-corrected chi connectivity index (χ0v) is 10.1. The fourth-order valence-electron chi connectivity index (χ4n) is 1.62. The monoisotopic (exact) mass is 247 g/mol. The molecule has 0 aliphatic rings. The van der Waals surface area contributed by atoms with E-state index in [4.69, 9.17) is 10.5 Å². The Kier molecular flexibility index (Phi) is 4.16. The molecule has 1 unspecified atom stereocenters. The number of hydrogen-bond donors (Lipinski definition) is 1. The molecule has 0 saturated carbocycles. The lowest BCUT2D eigenvalue weighted by atomic mass is 9.92. The van der Waals surface area contributed by atoms with E-state index >= 15 is 0 Å². The minimum Gasteiger partial charge on any atom is -0.374 e. The summed E-state index contributed by atoms with van der Waals surface area (Å²) in [6.45, 7) is 5.51. The highest BCUT2D eigenvalue weighted by atomic mass is 19.2. The van der Waals surface area contributed by atoms with Crippen LogP contribution in [0.3, 0.4) is 0 Å². The van der Waals surface area contributed by atoms with Gasteiger partial charge in [-0.2, -0.15) is 0 Å². The van der Waals surface area contributed by atoms with Gasteiger partial charge in [0.25, 0.3) is 0 Å². The Hall–Kier alpha value is -1.07. The molecule has 96 valence electrons. The third-order valence-electron chi connectivity index (χ3n) is 2.67. The quantitative estimate of drug-likeness (QED) is 0.830.